The molecule has 1 heterocycles. The fourth-order valence-electron chi connectivity index (χ4n) is 1.59. The van der Waals surface area contributed by atoms with Crippen LogP contribution >= 0.6 is 0 Å². The van der Waals surface area contributed by atoms with E-state index in [0.29, 0.717) is 6.54 Å². The standard InChI is InChI=1S/C12H18F3N3/c1-3-18(4-2)8-7-17-11-9-10(5-6-16-11)12(13,14)15/h5-6,9H,3-4,7-8H2,1-2H3,(H,16,17). The second-order valence-corrected chi connectivity index (χ2v) is 3.88. The minimum absolute atomic E-state index is 0.261. The van der Waals surface area contributed by atoms with Gasteiger partial charge in [-0.15, -0.1) is 0 Å². The Balaban J connectivity index is 2.53. The second kappa shape index (κ2) is 6.58. The lowest BCUT2D eigenvalue weighted by Gasteiger charge is -2.18. The van der Waals surface area contributed by atoms with Crippen LogP contribution in [0.25, 0.3) is 0 Å². The number of halogens is 3. The molecule has 0 saturated heterocycles. The molecule has 3 nitrogen and oxygen atoms in total. The second-order valence-electron chi connectivity index (χ2n) is 3.88. The SMILES string of the molecule is CCN(CC)CCNc1cc(C(F)(F)F)ccn1. The fraction of sp³-hybridized carbons (Fsp3) is 0.583. The molecule has 18 heavy (non-hydrogen) atoms. The van der Waals surface area contributed by atoms with Gasteiger partial charge in [0.15, 0.2) is 0 Å². The molecular formula is C12H18F3N3. The summed E-state index contributed by atoms with van der Waals surface area (Å²) in [6.45, 7) is 7.31. The molecule has 0 aliphatic rings. The summed E-state index contributed by atoms with van der Waals surface area (Å²) in [6, 6.07) is 2.00. The third-order valence-electron chi connectivity index (χ3n) is 2.72. The van der Waals surface area contributed by atoms with Crippen molar-refractivity contribution in [2.24, 2.45) is 0 Å². The predicted octanol–water partition coefficient (Wildman–Crippen LogP) is 2.85. The number of alkyl halides is 3. The fourth-order valence-corrected chi connectivity index (χ4v) is 1.59. The Hall–Kier alpha value is -1.30. The van der Waals surface area contributed by atoms with Crippen molar-refractivity contribution in [1.29, 1.82) is 0 Å². The van der Waals surface area contributed by atoms with Crippen LogP contribution in [0.1, 0.15) is 19.4 Å². The van der Waals surface area contributed by atoms with Crippen molar-refractivity contribution in [3.63, 3.8) is 0 Å². The molecule has 0 atom stereocenters. The van der Waals surface area contributed by atoms with Gasteiger partial charge in [0.2, 0.25) is 0 Å². The number of nitrogens with one attached hydrogen (secondary N) is 1. The highest BCUT2D eigenvalue weighted by Gasteiger charge is 2.30. The maximum absolute atomic E-state index is 12.5. The molecule has 0 bridgehead atoms. The Bertz CT molecular complexity index is 362. The molecule has 0 radical (unpaired) electrons. The number of aromatic nitrogens is 1. The van der Waals surface area contributed by atoms with Gasteiger partial charge in [0, 0.05) is 19.3 Å². The molecule has 0 spiro atoms. The summed E-state index contributed by atoms with van der Waals surface area (Å²) in [5, 5.41) is 2.90. The van der Waals surface area contributed by atoms with E-state index in [0.717, 1.165) is 31.8 Å². The van der Waals surface area contributed by atoms with E-state index in [2.05, 4.69) is 15.2 Å². The van der Waals surface area contributed by atoms with Crippen molar-refractivity contribution in [2.45, 2.75) is 20.0 Å². The van der Waals surface area contributed by atoms with E-state index in [-0.39, 0.29) is 5.82 Å². The van der Waals surface area contributed by atoms with Crippen LogP contribution < -0.4 is 5.32 Å². The highest BCUT2D eigenvalue weighted by atomic mass is 19.4. The highest BCUT2D eigenvalue weighted by Crippen LogP contribution is 2.29. The minimum atomic E-state index is -4.32. The van der Waals surface area contributed by atoms with Crippen LogP contribution in [-0.4, -0.2) is 36.1 Å². The molecule has 0 aromatic carbocycles. The van der Waals surface area contributed by atoms with Crippen LogP contribution in [0.4, 0.5) is 19.0 Å². The quantitative estimate of drug-likeness (QED) is 0.853. The van der Waals surface area contributed by atoms with Crippen molar-refractivity contribution < 1.29 is 13.2 Å². The van der Waals surface area contributed by atoms with Crippen molar-refractivity contribution >= 4 is 5.82 Å². The molecule has 1 N–H and O–H groups in total. The Morgan fingerprint density at radius 2 is 1.94 bits per heavy atom. The molecular weight excluding hydrogens is 243 g/mol. The van der Waals surface area contributed by atoms with E-state index in [1.807, 2.05) is 13.8 Å². The van der Waals surface area contributed by atoms with Gasteiger partial charge in [-0.2, -0.15) is 13.2 Å². The molecule has 0 aliphatic heterocycles. The maximum atomic E-state index is 12.5. The number of likely N-dealkylation sites (N-methyl/N-ethyl adjacent to an activating group) is 1. The van der Waals surface area contributed by atoms with Crippen molar-refractivity contribution in [3.05, 3.63) is 23.9 Å². The summed E-state index contributed by atoms with van der Waals surface area (Å²) < 4.78 is 37.4. The number of nitrogens with zero attached hydrogens (tertiary/aromatic N) is 2. The van der Waals surface area contributed by atoms with E-state index in [1.54, 1.807) is 0 Å². The molecule has 0 fully saturated rings. The average molecular weight is 261 g/mol. The average Bonchev–Trinajstić information content (AvgIpc) is 2.34. The van der Waals surface area contributed by atoms with Crippen molar-refractivity contribution in [2.75, 3.05) is 31.5 Å². The first-order valence-corrected chi connectivity index (χ1v) is 5.96. The third kappa shape index (κ3) is 4.52. The summed E-state index contributed by atoms with van der Waals surface area (Å²) in [5.74, 6) is 0.261. The van der Waals surface area contributed by atoms with Crippen LogP contribution in [0.2, 0.25) is 0 Å². The molecule has 102 valence electrons. The van der Waals surface area contributed by atoms with Crippen molar-refractivity contribution in [1.82, 2.24) is 9.88 Å². The molecule has 0 aliphatic carbocycles. The van der Waals surface area contributed by atoms with Gasteiger partial charge in [-0.3, -0.25) is 0 Å². The summed E-state index contributed by atoms with van der Waals surface area (Å²) in [4.78, 5) is 6.05. The van der Waals surface area contributed by atoms with Gasteiger partial charge in [-0.25, -0.2) is 4.98 Å². The zero-order valence-electron chi connectivity index (χ0n) is 10.6. The number of pyridine rings is 1. The first kappa shape index (κ1) is 14.8. The zero-order chi connectivity index (χ0) is 13.6. The Morgan fingerprint density at radius 3 is 2.50 bits per heavy atom. The van der Waals surface area contributed by atoms with Crippen molar-refractivity contribution in [3.8, 4) is 0 Å². The summed E-state index contributed by atoms with van der Waals surface area (Å²) in [5.41, 5.74) is -0.678. The molecule has 1 aromatic rings. The van der Waals surface area contributed by atoms with Gasteiger partial charge < -0.3 is 10.2 Å². The van der Waals surface area contributed by atoms with Gasteiger partial charge in [0.05, 0.1) is 5.56 Å². The van der Waals surface area contributed by atoms with E-state index in [1.165, 1.54) is 6.20 Å². The number of hydrogen-bond donors (Lipinski definition) is 1. The van der Waals surface area contributed by atoms with Gasteiger partial charge in [0.25, 0.3) is 0 Å². The van der Waals surface area contributed by atoms with E-state index in [4.69, 9.17) is 0 Å². The number of rotatable bonds is 6. The predicted molar refractivity (Wildman–Crippen MR) is 65.5 cm³/mol. The molecule has 0 amide bonds. The van der Waals surface area contributed by atoms with Gasteiger partial charge in [-0.05, 0) is 25.2 Å². The van der Waals surface area contributed by atoms with E-state index < -0.39 is 11.7 Å². The largest absolute Gasteiger partial charge is 0.416 e. The molecule has 6 heteroatoms. The minimum Gasteiger partial charge on any atom is -0.369 e. The summed E-state index contributed by atoms with van der Waals surface area (Å²) >= 11 is 0. The highest BCUT2D eigenvalue weighted by molar-refractivity contribution is 5.38. The normalized spacial score (nSPS) is 11.9. The third-order valence-corrected chi connectivity index (χ3v) is 2.72. The van der Waals surface area contributed by atoms with Gasteiger partial charge >= 0.3 is 6.18 Å². The Kier molecular flexibility index (Phi) is 5.40. The van der Waals surface area contributed by atoms with Gasteiger partial charge in [0.1, 0.15) is 5.82 Å². The molecule has 0 unspecified atom stereocenters. The smallest absolute Gasteiger partial charge is 0.369 e. The molecule has 0 saturated carbocycles. The molecule has 1 aromatic heterocycles. The Labute approximate surface area is 105 Å². The first-order valence-electron chi connectivity index (χ1n) is 5.96. The van der Waals surface area contributed by atoms with E-state index >= 15 is 0 Å². The molecule has 1 rings (SSSR count). The lowest BCUT2D eigenvalue weighted by atomic mass is 10.2. The zero-order valence-corrected chi connectivity index (χ0v) is 10.6. The van der Waals surface area contributed by atoms with Crippen LogP contribution in [0, 0.1) is 0 Å². The van der Waals surface area contributed by atoms with Crippen LogP contribution in [-0.2, 0) is 6.18 Å². The lowest BCUT2D eigenvalue weighted by Crippen LogP contribution is -2.28. The van der Waals surface area contributed by atoms with E-state index in [9.17, 15) is 13.2 Å². The van der Waals surface area contributed by atoms with Crippen LogP contribution in [0.5, 0.6) is 0 Å². The van der Waals surface area contributed by atoms with Crippen LogP contribution in [0.15, 0.2) is 18.3 Å². The maximum Gasteiger partial charge on any atom is 0.416 e. The summed E-state index contributed by atoms with van der Waals surface area (Å²) in [7, 11) is 0. The van der Waals surface area contributed by atoms with Crippen LogP contribution in [0.3, 0.4) is 0 Å². The summed E-state index contributed by atoms with van der Waals surface area (Å²) in [6.07, 6.45) is -3.15. The number of anilines is 1. The number of hydrogen-bond acceptors (Lipinski definition) is 3. The monoisotopic (exact) mass is 261 g/mol. The first-order chi connectivity index (χ1) is 8.47. The Morgan fingerprint density at radius 1 is 1.28 bits per heavy atom. The topological polar surface area (TPSA) is 28.2 Å². The van der Waals surface area contributed by atoms with Gasteiger partial charge in [-0.1, -0.05) is 13.8 Å². The lowest BCUT2D eigenvalue weighted by molar-refractivity contribution is -0.137.